The third-order valence-corrected chi connectivity index (χ3v) is 5.18. The van der Waals surface area contributed by atoms with Crippen LogP contribution in [0.1, 0.15) is 31.7 Å². The highest BCUT2D eigenvalue weighted by Crippen LogP contribution is 2.23. The number of carbonyl (C=O) groups is 1. The molecule has 2 saturated heterocycles. The number of aromatic nitrogens is 2. The number of para-hydroxylation sites is 1. The number of likely N-dealkylation sites (tertiary alicyclic amines) is 1. The fraction of sp³-hybridized carbons (Fsp3) is 0.500. The van der Waals surface area contributed by atoms with Gasteiger partial charge in [0, 0.05) is 25.7 Å². The van der Waals surface area contributed by atoms with Crippen molar-refractivity contribution in [2.24, 2.45) is 0 Å². The van der Waals surface area contributed by atoms with Crippen LogP contribution in [0.4, 0.5) is 0 Å². The summed E-state index contributed by atoms with van der Waals surface area (Å²) in [6, 6.07) is 6.84. The molecular weight excluding hydrogens is 322 g/mol. The largest absolute Gasteiger partial charge is 0.368 e. The lowest BCUT2D eigenvalue weighted by atomic mass is 10.0. The van der Waals surface area contributed by atoms with Crippen molar-refractivity contribution in [1.82, 2.24) is 14.5 Å². The topological polar surface area (TPSA) is 84.4 Å². The van der Waals surface area contributed by atoms with Gasteiger partial charge in [-0.05, 0) is 37.8 Å². The molecule has 0 spiro atoms. The number of nitrogens with zero attached hydrogens (tertiary/aromatic N) is 2. The highest BCUT2D eigenvalue weighted by molar-refractivity contribution is 5.81. The highest BCUT2D eigenvalue weighted by Gasteiger charge is 2.32. The lowest BCUT2D eigenvalue weighted by Crippen LogP contribution is -2.47. The molecule has 0 saturated carbocycles. The van der Waals surface area contributed by atoms with Crippen LogP contribution >= 0.6 is 0 Å². The zero-order valence-electron chi connectivity index (χ0n) is 13.9. The van der Waals surface area contributed by atoms with Crippen LogP contribution in [-0.4, -0.2) is 46.2 Å². The van der Waals surface area contributed by atoms with Gasteiger partial charge in [-0.1, -0.05) is 12.1 Å². The molecule has 0 unspecified atom stereocenters. The SMILES string of the molecule is O=C([C@@H]1CCCO1)N1CCC(n2c(=O)[nH]c3ccccc3c2=O)CC1. The normalized spacial score (nSPS) is 21.8. The summed E-state index contributed by atoms with van der Waals surface area (Å²) in [5.41, 5.74) is -0.0874. The minimum absolute atomic E-state index is 0.0377. The van der Waals surface area contributed by atoms with E-state index in [1.807, 2.05) is 0 Å². The maximum absolute atomic E-state index is 12.7. The highest BCUT2D eigenvalue weighted by atomic mass is 16.5. The summed E-state index contributed by atoms with van der Waals surface area (Å²) in [5, 5.41) is 0.514. The zero-order chi connectivity index (χ0) is 17.4. The van der Waals surface area contributed by atoms with E-state index in [9.17, 15) is 14.4 Å². The van der Waals surface area contributed by atoms with Crippen molar-refractivity contribution in [3.05, 3.63) is 45.1 Å². The van der Waals surface area contributed by atoms with Gasteiger partial charge in [0.1, 0.15) is 6.10 Å². The average molecular weight is 343 g/mol. The molecule has 1 N–H and O–H groups in total. The second-order valence-electron chi connectivity index (χ2n) is 6.71. The van der Waals surface area contributed by atoms with Crippen molar-refractivity contribution < 1.29 is 9.53 Å². The van der Waals surface area contributed by atoms with Gasteiger partial charge in [0.25, 0.3) is 11.5 Å². The molecule has 2 aliphatic rings. The van der Waals surface area contributed by atoms with E-state index in [2.05, 4.69) is 4.98 Å². The van der Waals surface area contributed by atoms with Crippen LogP contribution in [0, 0.1) is 0 Å². The molecule has 1 atom stereocenters. The first-order valence-corrected chi connectivity index (χ1v) is 8.79. The van der Waals surface area contributed by atoms with E-state index in [1.165, 1.54) is 4.57 Å². The lowest BCUT2D eigenvalue weighted by Gasteiger charge is -2.33. The number of rotatable bonds is 2. The summed E-state index contributed by atoms with van der Waals surface area (Å²) < 4.78 is 6.78. The summed E-state index contributed by atoms with van der Waals surface area (Å²) in [5.74, 6) is 0.0377. The molecule has 1 aromatic carbocycles. The Morgan fingerprint density at radius 2 is 1.88 bits per heavy atom. The standard InChI is InChI=1S/C18H21N3O4/c22-16-13-4-1-2-5-14(13)19-18(24)21(16)12-7-9-20(10-8-12)17(23)15-6-3-11-25-15/h1-2,4-5,12,15H,3,6-11H2,(H,19,24)/t15-/m0/s1. The molecule has 2 fully saturated rings. The zero-order valence-corrected chi connectivity index (χ0v) is 13.9. The third kappa shape index (κ3) is 2.89. The summed E-state index contributed by atoms with van der Waals surface area (Å²) in [6.07, 6.45) is 2.58. The number of piperidine rings is 1. The summed E-state index contributed by atoms with van der Waals surface area (Å²) >= 11 is 0. The van der Waals surface area contributed by atoms with Crippen molar-refractivity contribution in [3.63, 3.8) is 0 Å². The Kier molecular flexibility index (Phi) is 4.17. The number of aromatic amines is 1. The Balaban J connectivity index is 1.55. The number of hydrogen-bond donors (Lipinski definition) is 1. The first kappa shape index (κ1) is 16.1. The molecule has 7 nitrogen and oxygen atoms in total. The molecule has 0 aliphatic carbocycles. The number of amides is 1. The third-order valence-electron chi connectivity index (χ3n) is 5.18. The fourth-order valence-corrected chi connectivity index (χ4v) is 3.83. The van der Waals surface area contributed by atoms with E-state index < -0.39 is 0 Å². The van der Waals surface area contributed by atoms with Gasteiger partial charge < -0.3 is 14.6 Å². The molecule has 1 aromatic heterocycles. The minimum Gasteiger partial charge on any atom is -0.368 e. The Labute approximate surface area is 144 Å². The first-order chi connectivity index (χ1) is 12.1. The molecule has 1 amide bonds. The Hall–Kier alpha value is -2.41. The fourth-order valence-electron chi connectivity index (χ4n) is 3.83. The quantitative estimate of drug-likeness (QED) is 0.883. The molecule has 2 aliphatic heterocycles. The van der Waals surface area contributed by atoms with E-state index >= 15 is 0 Å². The number of carbonyl (C=O) groups excluding carboxylic acids is 1. The molecule has 4 rings (SSSR count). The molecule has 0 radical (unpaired) electrons. The van der Waals surface area contributed by atoms with Crippen LogP contribution in [0.2, 0.25) is 0 Å². The van der Waals surface area contributed by atoms with Crippen LogP contribution < -0.4 is 11.2 Å². The first-order valence-electron chi connectivity index (χ1n) is 8.79. The minimum atomic E-state index is -0.382. The number of nitrogens with one attached hydrogen (secondary N) is 1. The van der Waals surface area contributed by atoms with E-state index in [0.717, 1.165) is 12.8 Å². The second-order valence-corrected chi connectivity index (χ2v) is 6.71. The molecule has 7 heteroatoms. The van der Waals surface area contributed by atoms with Gasteiger partial charge >= 0.3 is 5.69 Å². The maximum atomic E-state index is 12.7. The molecule has 2 aromatic rings. The van der Waals surface area contributed by atoms with Gasteiger partial charge in [0.15, 0.2) is 0 Å². The molecular formula is C18H21N3O4. The number of hydrogen-bond acceptors (Lipinski definition) is 4. The van der Waals surface area contributed by atoms with Crippen molar-refractivity contribution >= 4 is 16.8 Å². The molecule has 0 bridgehead atoms. The predicted molar refractivity (Wildman–Crippen MR) is 92.7 cm³/mol. The molecule has 25 heavy (non-hydrogen) atoms. The van der Waals surface area contributed by atoms with Crippen LogP contribution in [0.5, 0.6) is 0 Å². The lowest BCUT2D eigenvalue weighted by molar-refractivity contribution is -0.142. The Morgan fingerprint density at radius 1 is 1.12 bits per heavy atom. The maximum Gasteiger partial charge on any atom is 0.329 e. The van der Waals surface area contributed by atoms with Gasteiger partial charge in [-0.2, -0.15) is 0 Å². The van der Waals surface area contributed by atoms with Crippen LogP contribution in [-0.2, 0) is 9.53 Å². The smallest absolute Gasteiger partial charge is 0.329 e. The van der Waals surface area contributed by atoms with Gasteiger partial charge in [-0.25, -0.2) is 4.79 Å². The van der Waals surface area contributed by atoms with E-state index in [1.54, 1.807) is 29.2 Å². The number of fused-ring (bicyclic) bond motifs is 1. The van der Waals surface area contributed by atoms with E-state index in [0.29, 0.717) is 43.4 Å². The van der Waals surface area contributed by atoms with Crippen molar-refractivity contribution in [2.75, 3.05) is 19.7 Å². The second kappa shape index (κ2) is 6.48. The Morgan fingerprint density at radius 3 is 2.60 bits per heavy atom. The average Bonchev–Trinajstić information content (AvgIpc) is 3.16. The molecule has 3 heterocycles. The van der Waals surface area contributed by atoms with Crippen molar-refractivity contribution in [2.45, 2.75) is 37.8 Å². The van der Waals surface area contributed by atoms with Crippen LogP contribution in [0.25, 0.3) is 10.9 Å². The summed E-state index contributed by atoms with van der Waals surface area (Å²) in [4.78, 5) is 42.1. The van der Waals surface area contributed by atoms with Crippen LogP contribution in [0.15, 0.2) is 33.9 Å². The Bertz CT molecular complexity index is 902. The number of benzene rings is 1. The summed E-state index contributed by atoms with van der Waals surface area (Å²) in [7, 11) is 0. The van der Waals surface area contributed by atoms with Crippen molar-refractivity contribution in [1.29, 1.82) is 0 Å². The van der Waals surface area contributed by atoms with Gasteiger partial charge in [-0.15, -0.1) is 0 Å². The van der Waals surface area contributed by atoms with Gasteiger partial charge in [0.2, 0.25) is 0 Å². The summed E-state index contributed by atoms with van der Waals surface area (Å²) in [6.45, 7) is 1.73. The van der Waals surface area contributed by atoms with Crippen molar-refractivity contribution in [3.8, 4) is 0 Å². The monoisotopic (exact) mass is 343 g/mol. The predicted octanol–water partition coefficient (Wildman–Crippen LogP) is 1.03. The van der Waals surface area contributed by atoms with Gasteiger partial charge in [0.05, 0.1) is 10.9 Å². The number of ether oxygens (including phenoxy) is 1. The van der Waals surface area contributed by atoms with E-state index in [-0.39, 0.29) is 29.3 Å². The van der Waals surface area contributed by atoms with Crippen LogP contribution in [0.3, 0.4) is 0 Å². The van der Waals surface area contributed by atoms with E-state index in [4.69, 9.17) is 4.74 Å². The molecule has 132 valence electrons. The van der Waals surface area contributed by atoms with Gasteiger partial charge in [-0.3, -0.25) is 14.2 Å². The number of H-pyrrole nitrogens is 1.